The van der Waals surface area contributed by atoms with Crippen molar-refractivity contribution in [1.82, 2.24) is 10.2 Å². The Bertz CT molecular complexity index is 968. The van der Waals surface area contributed by atoms with Gasteiger partial charge < -0.3 is 20.1 Å². The molecule has 0 aliphatic rings. The predicted molar refractivity (Wildman–Crippen MR) is 116 cm³/mol. The second-order valence-electron chi connectivity index (χ2n) is 5.41. The number of amides is 1. The van der Waals surface area contributed by atoms with Crippen LogP contribution in [-0.4, -0.2) is 36.1 Å². The molecule has 0 fully saturated rings. The summed E-state index contributed by atoms with van der Waals surface area (Å²) < 4.78 is 12.1. The highest BCUT2D eigenvalue weighted by Gasteiger charge is 2.12. The van der Waals surface area contributed by atoms with Crippen LogP contribution < -0.4 is 20.1 Å². The van der Waals surface area contributed by atoms with Gasteiger partial charge in [-0.2, -0.15) is 0 Å². The number of carbonyl (C=O) groups is 1. The molecule has 10 heteroatoms. The first-order valence-electron chi connectivity index (χ1n) is 8.08. The van der Waals surface area contributed by atoms with Crippen LogP contribution in [0.2, 0.25) is 0 Å². The zero-order valence-corrected chi connectivity index (χ0v) is 18.3. The van der Waals surface area contributed by atoms with Crippen LogP contribution in [0.5, 0.6) is 11.5 Å². The molecule has 0 aliphatic heterocycles. The molecule has 28 heavy (non-hydrogen) atoms. The monoisotopic (exact) mass is 480 g/mol. The fourth-order valence-electron chi connectivity index (χ4n) is 2.22. The maximum Gasteiger partial charge on any atom is 0.234 e. The molecular weight excluding hydrogens is 464 g/mol. The van der Waals surface area contributed by atoms with Gasteiger partial charge in [0.25, 0.3) is 0 Å². The smallest absolute Gasteiger partial charge is 0.234 e. The number of nitrogens with one attached hydrogen (secondary N) is 2. The number of hydrogen-bond acceptors (Lipinski definition) is 8. The van der Waals surface area contributed by atoms with E-state index in [0.29, 0.717) is 26.7 Å². The number of rotatable bonds is 8. The van der Waals surface area contributed by atoms with E-state index in [1.54, 1.807) is 32.4 Å². The number of aromatic nitrogens is 2. The fourth-order valence-corrected chi connectivity index (χ4v) is 4.20. The van der Waals surface area contributed by atoms with Crippen molar-refractivity contribution in [3.63, 3.8) is 0 Å². The van der Waals surface area contributed by atoms with Gasteiger partial charge in [-0.05, 0) is 30.3 Å². The molecule has 3 aromatic rings. The molecule has 1 heterocycles. The number of anilines is 3. The van der Waals surface area contributed by atoms with E-state index in [9.17, 15) is 4.79 Å². The Labute approximate surface area is 179 Å². The van der Waals surface area contributed by atoms with E-state index in [2.05, 4.69) is 36.8 Å². The zero-order valence-electron chi connectivity index (χ0n) is 15.1. The van der Waals surface area contributed by atoms with Gasteiger partial charge in [0.2, 0.25) is 11.0 Å². The van der Waals surface area contributed by atoms with Crippen molar-refractivity contribution in [1.29, 1.82) is 0 Å². The number of methoxy groups -OCH3 is 2. The SMILES string of the molecule is COc1ccc(NC(=O)CSc2nnc(Nc3cccc(Br)c3)s2)c(OC)c1. The van der Waals surface area contributed by atoms with Crippen molar-refractivity contribution in [2.75, 3.05) is 30.6 Å². The minimum atomic E-state index is -0.162. The lowest BCUT2D eigenvalue weighted by atomic mass is 10.2. The van der Waals surface area contributed by atoms with Crippen LogP contribution in [0.15, 0.2) is 51.3 Å². The van der Waals surface area contributed by atoms with Crippen LogP contribution in [0.25, 0.3) is 0 Å². The van der Waals surface area contributed by atoms with Gasteiger partial charge in [0, 0.05) is 16.2 Å². The Morgan fingerprint density at radius 1 is 1.18 bits per heavy atom. The molecule has 7 nitrogen and oxygen atoms in total. The van der Waals surface area contributed by atoms with Gasteiger partial charge >= 0.3 is 0 Å². The standard InChI is InChI=1S/C18H17BrN4O3S2/c1-25-13-6-7-14(15(9-13)26-2)21-16(24)10-27-18-23-22-17(28-18)20-12-5-3-4-11(19)8-12/h3-9H,10H2,1-2H3,(H,20,22)(H,21,24). The Morgan fingerprint density at radius 2 is 2.04 bits per heavy atom. The molecule has 3 rings (SSSR count). The molecule has 0 radical (unpaired) electrons. The van der Waals surface area contributed by atoms with Crippen molar-refractivity contribution in [3.05, 3.63) is 46.9 Å². The molecule has 0 bridgehead atoms. The first-order valence-corrected chi connectivity index (χ1v) is 10.7. The summed E-state index contributed by atoms with van der Waals surface area (Å²) in [7, 11) is 3.12. The molecule has 0 saturated heterocycles. The van der Waals surface area contributed by atoms with Gasteiger partial charge in [0.15, 0.2) is 4.34 Å². The van der Waals surface area contributed by atoms with Crippen molar-refractivity contribution in [2.45, 2.75) is 4.34 Å². The molecule has 0 unspecified atom stereocenters. The highest BCUT2D eigenvalue weighted by Crippen LogP contribution is 2.31. The Kier molecular flexibility index (Phi) is 7.12. The van der Waals surface area contributed by atoms with E-state index in [1.807, 2.05) is 24.3 Å². The molecular formula is C18H17BrN4O3S2. The quantitative estimate of drug-likeness (QED) is 0.448. The largest absolute Gasteiger partial charge is 0.497 e. The van der Waals surface area contributed by atoms with E-state index in [1.165, 1.54) is 23.1 Å². The molecule has 0 atom stereocenters. The molecule has 2 N–H and O–H groups in total. The average Bonchev–Trinajstić information content (AvgIpc) is 3.14. The van der Waals surface area contributed by atoms with E-state index in [-0.39, 0.29) is 11.7 Å². The molecule has 2 aromatic carbocycles. The van der Waals surface area contributed by atoms with E-state index < -0.39 is 0 Å². The highest BCUT2D eigenvalue weighted by molar-refractivity contribution is 9.10. The second kappa shape index (κ2) is 9.76. The van der Waals surface area contributed by atoms with Crippen molar-refractivity contribution in [2.24, 2.45) is 0 Å². The van der Waals surface area contributed by atoms with Crippen LogP contribution in [0.3, 0.4) is 0 Å². The van der Waals surface area contributed by atoms with Crippen molar-refractivity contribution in [3.8, 4) is 11.5 Å². The van der Waals surface area contributed by atoms with Gasteiger partial charge in [-0.1, -0.05) is 45.1 Å². The molecule has 1 amide bonds. The van der Waals surface area contributed by atoms with Gasteiger partial charge in [0.05, 0.1) is 25.7 Å². The van der Waals surface area contributed by atoms with Crippen LogP contribution in [0.1, 0.15) is 0 Å². The van der Waals surface area contributed by atoms with Gasteiger partial charge in [-0.15, -0.1) is 10.2 Å². The number of carbonyl (C=O) groups excluding carboxylic acids is 1. The first-order chi connectivity index (χ1) is 13.6. The van der Waals surface area contributed by atoms with Gasteiger partial charge in [0.1, 0.15) is 11.5 Å². The third-order valence-electron chi connectivity index (χ3n) is 3.49. The maximum atomic E-state index is 12.3. The summed E-state index contributed by atoms with van der Waals surface area (Å²) in [5, 5.41) is 14.9. The lowest BCUT2D eigenvalue weighted by Crippen LogP contribution is -2.14. The summed E-state index contributed by atoms with van der Waals surface area (Å²) >= 11 is 6.14. The minimum Gasteiger partial charge on any atom is -0.497 e. The Morgan fingerprint density at radius 3 is 2.79 bits per heavy atom. The van der Waals surface area contributed by atoms with E-state index in [4.69, 9.17) is 9.47 Å². The lowest BCUT2D eigenvalue weighted by molar-refractivity contribution is -0.113. The topological polar surface area (TPSA) is 85.4 Å². The third kappa shape index (κ3) is 5.60. The fraction of sp³-hybridized carbons (Fsp3) is 0.167. The number of ether oxygens (including phenoxy) is 2. The Hall–Kier alpha value is -2.30. The third-order valence-corrected chi connectivity index (χ3v) is 5.96. The van der Waals surface area contributed by atoms with Crippen LogP contribution >= 0.6 is 39.0 Å². The molecule has 146 valence electrons. The zero-order chi connectivity index (χ0) is 19.9. The van der Waals surface area contributed by atoms with E-state index >= 15 is 0 Å². The number of thioether (sulfide) groups is 1. The molecule has 1 aromatic heterocycles. The second-order valence-corrected chi connectivity index (χ2v) is 8.53. The normalized spacial score (nSPS) is 10.4. The molecule has 0 saturated carbocycles. The van der Waals surface area contributed by atoms with E-state index in [0.717, 1.165) is 10.2 Å². The summed E-state index contributed by atoms with van der Waals surface area (Å²) in [6.07, 6.45) is 0. The van der Waals surface area contributed by atoms with Crippen molar-refractivity contribution >= 4 is 61.4 Å². The molecule has 0 aliphatic carbocycles. The predicted octanol–water partition coefficient (Wildman–Crippen LogP) is 4.79. The summed E-state index contributed by atoms with van der Waals surface area (Å²) in [5.41, 5.74) is 1.49. The maximum absolute atomic E-state index is 12.3. The number of hydrogen-bond donors (Lipinski definition) is 2. The van der Waals surface area contributed by atoms with Crippen molar-refractivity contribution < 1.29 is 14.3 Å². The van der Waals surface area contributed by atoms with Crippen LogP contribution in [0.4, 0.5) is 16.5 Å². The number of halogens is 1. The van der Waals surface area contributed by atoms with Crippen LogP contribution in [-0.2, 0) is 4.79 Å². The number of benzene rings is 2. The lowest BCUT2D eigenvalue weighted by Gasteiger charge is -2.11. The summed E-state index contributed by atoms with van der Waals surface area (Å²) in [6.45, 7) is 0. The Balaban J connectivity index is 1.54. The van der Waals surface area contributed by atoms with Gasteiger partial charge in [-0.3, -0.25) is 4.79 Å². The average molecular weight is 481 g/mol. The minimum absolute atomic E-state index is 0.162. The first kappa shape index (κ1) is 20.4. The summed E-state index contributed by atoms with van der Waals surface area (Å²) in [5.74, 6) is 1.24. The summed E-state index contributed by atoms with van der Waals surface area (Å²) in [6, 6.07) is 13.0. The molecule has 0 spiro atoms. The number of nitrogens with zero attached hydrogens (tertiary/aromatic N) is 2. The van der Waals surface area contributed by atoms with Gasteiger partial charge in [-0.25, -0.2) is 0 Å². The summed E-state index contributed by atoms with van der Waals surface area (Å²) in [4.78, 5) is 12.3. The highest BCUT2D eigenvalue weighted by atomic mass is 79.9. The van der Waals surface area contributed by atoms with Crippen LogP contribution in [0, 0.1) is 0 Å².